The highest BCUT2D eigenvalue weighted by Gasteiger charge is 2.53. The minimum absolute atomic E-state index is 0.935. The van der Waals surface area contributed by atoms with Gasteiger partial charge in [-0.25, -0.2) is 0 Å². The molecule has 1 aliphatic carbocycles. The lowest BCUT2D eigenvalue weighted by Crippen LogP contribution is -1.97. The van der Waals surface area contributed by atoms with E-state index in [1.54, 1.807) is 0 Å². The molecule has 1 aliphatic heterocycles. The molecule has 1 nitrogen and oxygen atoms in total. The van der Waals surface area contributed by atoms with Crippen LogP contribution in [0.1, 0.15) is 0 Å². The van der Waals surface area contributed by atoms with E-state index in [9.17, 15) is 0 Å². The number of rotatable bonds is 1. The number of ether oxygens (including phenoxy) is 1. The van der Waals surface area contributed by atoms with E-state index in [0.29, 0.717) is 0 Å². The molecule has 1 heterocycles. The summed E-state index contributed by atoms with van der Waals surface area (Å²) in [6.45, 7) is 2.08. The first-order valence-electron chi connectivity index (χ1n) is 3.04. The number of fused-ring (bicyclic) bond motifs is 1. The van der Waals surface area contributed by atoms with E-state index >= 15 is 0 Å². The van der Waals surface area contributed by atoms with Gasteiger partial charge in [-0.3, -0.25) is 0 Å². The van der Waals surface area contributed by atoms with Gasteiger partial charge in [0.1, 0.15) is 0 Å². The lowest BCUT2D eigenvalue weighted by Gasteiger charge is -1.97. The normalized spacial score (nSPS) is 51.4. The number of thioether (sulfide) groups is 1. The summed E-state index contributed by atoms with van der Waals surface area (Å²) in [7, 11) is 0. The molecule has 0 amide bonds. The summed E-state index contributed by atoms with van der Waals surface area (Å²) in [6, 6.07) is 0. The minimum Gasteiger partial charge on any atom is -0.381 e. The molecule has 1 saturated carbocycles. The molecule has 2 unspecified atom stereocenters. The number of hydrogen-bond acceptors (Lipinski definition) is 2. The van der Waals surface area contributed by atoms with Crippen molar-refractivity contribution in [3.8, 4) is 0 Å². The van der Waals surface area contributed by atoms with Crippen LogP contribution < -0.4 is 0 Å². The van der Waals surface area contributed by atoms with Gasteiger partial charge in [0.05, 0.1) is 13.2 Å². The number of hydrogen-bond donors (Lipinski definition) is 0. The molecule has 0 aromatic rings. The molecule has 0 bridgehead atoms. The molecule has 0 N–H and O–H groups in total. The van der Waals surface area contributed by atoms with Crippen LogP contribution in [-0.2, 0) is 4.74 Å². The maximum Gasteiger partial charge on any atom is 0.0509 e. The monoisotopic (exact) mass is 130 g/mol. The van der Waals surface area contributed by atoms with Crippen molar-refractivity contribution in [2.24, 2.45) is 11.8 Å². The summed E-state index contributed by atoms with van der Waals surface area (Å²) in [6.07, 6.45) is 2.20. The quantitative estimate of drug-likeness (QED) is 0.523. The van der Waals surface area contributed by atoms with E-state index < -0.39 is 0 Å². The Morgan fingerprint density at radius 2 is 2.00 bits per heavy atom. The Morgan fingerprint density at radius 3 is 2.38 bits per heavy atom. The highest BCUT2D eigenvalue weighted by atomic mass is 32.2. The summed E-state index contributed by atoms with van der Waals surface area (Å²) in [5.74, 6) is 1.87. The van der Waals surface area contributed by atoms with E-state index in [2.05, 4.69) is 6.26 Å². The van der Waals surface area contributed by atoms with Gasteiger partial charge in [0.15, 0.2) is 0 Å². The molecule has 2 atom stereocenters. The predicted molar refractivity (Wildman–Crippen MR) is 35.1 cm³/mol. The largest absolute Gasteiger partial charge is 0.381 e. The van der Waals surface area contributed by atoms with Gasteiger partial charge in [-0.15, -0.1) is 0 Å². The standard InChI is InChI=1S/C6H10OS/c1-8-6-4-2-7-3-5(4)6/h4-6H,2-3H2,1H3. The van der Waals surface area contributed by atoms with E-state index in [0.717, 1.165) is 30.3 Å². The van der Waals surface area contributed by atoms with E-state index in [4.69, 9.17) is 4.74 Å². The Morgan fingerprint density at radius 1 is 1.38 bits per heavy atom. The van der Waals surface area contributed by atoms with Crippen molar-refractivity contribution in [3.05, 3.63) is 0 Å². The van der Waals surface area contributed by atoms with E-state index in [1.807, 2.05) is 11.8 Å². The van der Waals surface area contributed by atoms with Crippen molar-refractivity contribution in [1.82, 2.24) is 0 Å². The highest BCUT2D eigenvalue weighted by Crippen LogP contribution is 2.51. The fourth-order valence-electron chi connectivity index (χ4n) is 1.54. The fourth-order valence-corrected chi connectivity index (χ4v) is 2.71. The minimum atomic E-state index is 0.935. The Kier molecular flexibility index (Phi) is 1.05. The molecule has 46 valence electrons. The van der Waals surface area contributed by atoms with Crippen LogP contribution in [0.3, 0.4) is 0 Å². The molecule has 0 spiro atoms. The molecule has 0 aromatic carbocycles. The summed E-state index contributed by atoms with van der Waals surface area (Å²) in [5, 5.41) is 0.962. The second-order valence-corrected chi connectivity index (χ2v) is 3.58. The van der Waals surface area contributed by atoms with Gasteiger partial charge in [-0.1, -0.05) is 0 Å². The Hall–Kier alpha value is 0.310. The summed E-state index contributed by atoms with van der Waals surface area (Å²) < 4.78 is 5.23. The van der Waals surface area contributed by atoms with Crippen molar-refractivity contribution < 1.29 is 4.74 Å². The van der Waals surface area contributed by atoms with Crippen LogP contribution in [0.2, 0.25) is 0 Å². The topological polar surface area (TPSA) is 9.23 Å². The molecule has 1 saturated heterocycles. The summed E-state index contributed by atoms with van der Waals surface area (Å²) in [4.78, 5) is 0. The maximum atomic E-state index is 5.23. The van der Waals surface area contributed by atoms with Gasteiger partial charge < -0.3 is 4.74 Å². The van der Waals surface area contributed by atoms with Crippen LogP contribution in [0.15, 0.2) is 0 Å². The predicted octanol–water partition coefficient (Wildman–Crippen LogP) is 0.994. The summed E-state index contributed by atoms with van der Waals surface area (Å²) >= 11 is 2.00. The molecule has 2 fully saturated rings. The van der Waals surface area contributed by atoms with Crippen LogP contribution in [0, 0.1) is 11.8 Å². The van der Waals surface area contributed by atoms with Crippen LogP contribution in [0.25, 0.3) is 0 Å². The van der Waals surface area contributed by atoms with Crippen molar-refractivity contribution in [3.63, 3.8) is 0 Å². The maximum absolute atomic E-state index is 5.23. The van der Waals surface area contributed by atoms with Crippen LogP contribution in [0.5, 0.6) is 0 Å². The van der Waals surface area contributed by atoms with Gasteiger partial charge in [0.2, 0.25) is 0 Å². The molecule has 0 aromatic heterocycles. The average molecular weight is 130 g/mol. The molecule has 8 heavy (non-hydrogen) atoms. The van der Waals surface area contributed by atoms with Crippen molar-refractivity contribution >= 4 is 11.8 Å². The van der Waals surface area contributed by atoms with Gasteiger partial charge in [0, 0.05) is 17.1 Å². The zero-order valence-corrected chi connectivity index (χ0v) is 5.78. The zero-order chi connectivity index (χ0) is 5.56. The second-order valence-electron chi connectivity index (χ2n) is 2.57. The average Bonchev–Trinajstić information content (AvgIpc) is 2.22. The zero-order valence-electron chi connectivity index (χ0n) is 4.96. The third-order valence-corrected chi connectivity index (χ3v) is 3.39. The molecule has 0 radical (unpaired) electrons. The molecule has 2 rings (SSSR count). The molecular formula is C6H10OS. The first-order valence-corrected chi connectivity index (χ1v) is 4.33. The third-order valence-electron chi connectivity index (χ3n) is 2.15. The molecule has 2 aliphatic rings. The Balaban J connectivity index is 1.94. The van der Waals surface area contributed by atoms with E-state index in [-0.39, 0.29) is 0 Å². The van der Waals surface area contributed by atoms with Gasteiger partial charge in [0.25, 0.3) is 0 Å². The molecule has 2 heteroatoms. The molecular weight excluding hydrogens is 120 g/mol. The smallest absolute Gasteiger partial charge is 0.0509 e. The summed E-state index contributed by atoms with van der Waals surface area (Å²) in [5.41, 5.74) is 0. The first kappa shape index (κ1) is 5.12. The van der Waals surface area contributed by atoms with Crippen LogP contribution in [-0.4, -0.2) is 24.7 Å². The van der Waals surface area contributed by atoms with Gasteiger partial charge >= 0.3 is 0 Å². The van der Waals surface area contributed by atoms with E-state index in [1.165, 1.54) is 0 Å². The lowest BCUT2D eigenvalue weighted by molar-refractivity contribution is 0.167. The van der Waals surface area contributed by atoms with Gasteiger partial charge in [-0.05, 0) is 6.26 Å². The second kappa shape index (κ2) is 1.64. The fraction of sp³-hybridized carbons (Fsp3) is 1.00. The van der Waals surface area contributed by atoms with Crippen molar-refractivity contribution in [2.45, 2.75) is 5.25 Å². The van der Waals surface area contributed by atoms with Crippen LogP contribution >= 0.6 is 11.8 Å². The van der Waals surface area contributed by atoms with Crippen LogP contribution in [0.4, 0.5) is 0 Å². The van der Waals surface area contributed by atoms with Gasteiger partial charge in [-0.2, -0.15) is 11.8 Å². The SMILES string of the molecule is CSC1C2COCC21. The third kappa shape index (κ3) is 0.531. The Bertz CT molecular complexity index is 87.9. The highest BCUT2D eigenvalue weighted by molar-refractivity contribution is 7.99. The van der Waals surface area contributed by atoms with Crippen molar-refractivity contribution in [2.75, 3.05) is 19.5 Å². The van der Waals surface area contributed by atoms with Crippen molar-refractivity contribution in [1.29, 1.82) is 0 Å². The first-order chi connectivity index (χ1) is 3.93. The lowest BCUT2D eigenvalue weighted by atomic mass is 10.4. The Labute approximate surface area is 53.8 Å².